The number of carbonyl (C=O) groups excluding carboxylic acids is 1. The zero-order chi connectivity index (χ0) is 9.26. The fraction of sp³-hybridized carbons (Fsp3) is 0.111. The molecule has 0 aliphatic heterocycles. The van der Waals surface area contributed by atoms with E-state index in [9.17, 15) is 4.79 Å². The second-order valence-corrected chi connectivity index (χ2v) is 2.64. The molecule has 0 aliphatic carbocycles. The third-order valence-electron chi connectivity index (χ3n) is 1.88. The van der Waals surface area contributed by atoms with Gasteiger partial charge in [0.25, 0.3) is 0 Å². The summed E-state index contributed by atoms with van der Waals surface area (Å²) in [6.45, 7) is 1.81. The molecular formula is C9H7BO3. The van der Waals surface area contributed by atoms with Gasteiger partial charge in [-0.3, -0.25) is 0 Å². The molecule has 0 spiro atoms. The number of ether oxygens (including phenoxy) is 1. The van der Waals surface area contributed by atoms with Crippen LogP contribution in [0.25, 0.3) is 10.9 Å². The first kappa shape index (κ1) is 8.04. The molecule has 0 radical (unpaired) electrons. The summed E-state index contributed by atoms with van der Waals surface area (Å²) in [4.78, 5) is 11.2. The number of methoxy groups -OCH3 is 1. The van der Waals surface area contributed by atoms with Crippen LogP contribution < -0.4 is 0 Å². The molecule has 4 heteroatoms. The molecule has 0 unspecified atom stereocenters. The summed E-state index contributed by atoms with van der Waals surface area (Å²) >= 11 is 0. The van der Waals surface area contributed by atoms with Crippen molar-refractivity contribution in [2.75, 3.05) is 7.11 Å². The maximum absolute atomic E-state index is 11.2. The molecule has 0 saturated heterocycles. The minimum atomic E-state index is -0.374. The number of benzene rings is 1. The monoisotopic (exact) mass is 174 g/mol. The Balaban J connectivity index is 2.67. The van der Waals surface area contributed by atoms with E-state index in [1.807, 2.05) is 13.0 Å². The summed E-state index contributed by atoms with van der Waals surface area (Å²) < 4.78 is 9.79. The number of rotatable bonds is 1. The van der Waals surface area contributed by atoms with Crippen molar-refractivity contribution in [1.82, 2.24) is 0 Å². The quantitative estimate of drug-likeness (QED) is 0.615. The van der Waals surface area contributed by atoms with Crippen LogP contribution in [-0.4, -0.2) is 20.0 Å². The van der Waals surface area contributed by atoms with Crippen molar-refractivity contribution in [2.45, 2.75) is 0 Å². The van der Waals surface area contributed by atoms with Crippen LogP contribution in [0, 0.1) is 0 Å². The fourth-order valence-electron chi connectivity index (χ4n) is 1.26. The Kier molecular flexibility index (Phi) is 1.89. The number of hydrogen-bond donors (Lipinski definition) is 0. The van der Waals surface area contributed by atoms with Gasteiger partial charge in [0.1, 0.15) is 0 Å². The van der Waals surface area contributed by atoms with Crippen molar-refractivity contribution in [3.05, 3.63) is 29.9 Å². The minimum absolute atomic E-state index is 0.374. The van der Waals surface area contributed by atoms with Crippen LogP contribution >= 0.6 is 0 Å². The second kappa shape index (κ2) is 3.05. The van der Waals surface area contributed by atoms with E-state index >= 15 is 0 Å². The molecule has 1 aromatic heterocycles. The molecule has 0 amide bonds. The second-order valence-electron chi connectivity index (χ2n) is 2.64. The standard InChI is InChI=1S/C9H7BO3/c1-12-9(11)6-3-2-4-7-8(6)13-5-10-7/h2-5H,1H3. The SMILES string of the molecule is COC(=O)c1cccc2bcoc12. The van der Waals surface area contributed by atoms with Crippen LogP contribution in [0.1, 0.15) is 10.4 Å². The summed E-state index contributed by atoms with van der Waals surface area (Å²) in [5, 5.41) is 0.905. The number of para-hydroxylation sites is 1. The zero-order valence-corrected chi connectivity index (χ0v) is 7.11. The van der Waals surface area contributed by atoms with Crippen LogP contribution in [-0.2, 0) is 4.74 Å². The molecule has 0 fully saturated rings. The van der Waals surface area contributed by atoms with Gasteiger partial charge in [-0.2, -0.15) is 0 Å². The van der Waals surface area contributed by atoms with Gasteiger partial charge in [0.15, 0.2) is 0 Å². The van der Waals surface area contributed by atoms with Crippen molar-refractivity contribution in [3.8, 4) is 0 Å². The van der Waals surface area contributed by atoms with Crippen LogP contribution in [0.15, 0.2) is 28.8 Å². The Morgan fingerprint density at radius 1 is 1.54 bits per heavy atom. The van der Waals surface area contributed by atoms with Crippen molar-refractivity contribution in [2.24, 2.45) is 0 Å². The van der Waals surface area contributed by atoms with Crippen molar-refractivity contribution < 1.29 is 13.9 Å². The van der Waals surface area contributed by atoms with E-state index in [1.54, 1.807) is 18.3 Å². The molecule has 64 valence electrons. The van der Waals surface area contributed by atoms with Gasteiger partial charge in [0, 0.05) is 0 Å². The van der Waals surface area contributed by atoms with Crippen LogP contribution in [0.5, 0.6) is 0 Å². The average Bonchev–Trinajstić information content (AvgIpc) is 2.63. The van der Waals surface area contributed by atoms with Gasteiger partial charge < -0.3 is 0 Å². The van der Waals surface area contributed by atoms with E-state index in [2.05, 4.69) is 4.74 Å². The molecule has 0 bridgehead atoms. The normalized spacial score (nSPS) is 9.92. The molecule has 0 atom stereocenters. The summed E-state index contributed by atoms with van der Waals surface area (Å²) in [5.41, 5.74) is 1.04. The van der Waals surface area contributed by atoms with Crippen molar-refractivity contribution in [3.63, 3.8) is 0 Å². The fourth-order valence-corrected chi connectivity index (χ4v) is 1.26. The Labute approximate surface area is 75.5 Å². The van der Waals surface area contributed by atoms with Gasteiger partial charge in [0.2, 0.25) is 0 Å². The molecule has 13 heavy (non-hydrogen) atoms. The molecule has 1 aromatic carbocycles. The molecule has 0 aliphatic rings. The van der Waals surface area contributed by atoms with Crippen molar-refractivity contribution in [1.29, 1.82) is 0 Å². The molecule has 2 aromatic rings. The van der Waals surface area contributed by atoms with Gasteiger partial charge >= 0.3 is 74.7 Å². The van der Waals surface area contributed by atoms with Gasteiger partial charge in [-0.05, 0) is 0 Å². The first-order chi connectivity index (χ1) is 6.33. The molecular weight excluding hydrogens is 167 g/mol. The summed E-state index contributed by atoms with van der Waals surface area (Å²) in [5.74, 6) is -0.374. The Hall–Kier alpha value is -1.58. The van der Waals surface area contributed by atoms with Gasteiger partial charge in [-0.25, -0.2) is 0 Å². The third kappa shape index (κ3) is 1.24. The summed E-state index contributed by atoms with van der Waals surface area (Å²) in [6, 6.07) is 5.35. The Morgan fingerprint density at radius 3 is 3.15 bits per heavy atom. The predicted octanol–water partition coefficient (Wildman–Crippen LogP) is 1.56. The van der Waals surface area contributed by atoms with E-state index in [1.165, 1.54) is 7.11 Å². The van der Waals surface area contributed by atoms with Gasteiger partial charge in [-0.15, -0.1) is 0 Å². The Bertz CT molecular complexity index is 447. The number of esters is 1. The van der Waals surface area contributed by atoms with E-state index < -0.39 is 0 Å². The Morgan fingerprint density at radius 2 is 2.38 bits per heavy atom. The first-order valence-corrected chi connectivity index (χ1v) is 3.87. The zero-order valence-electron chi connectivity index (χ0n) is 7.11. The van der Waals surface area contributed by atoms with E-state index in [0.29, 0.717) is 11.1 Å². The third-order valence-corrected chi connectivity index (χ3v) is 1.88. The molecule has 0 N–H and O–H groups in total. The number of fused-ring (bicyclic) bond motifs is 1. The molecule has 0 saturated carbocycles. The molecule has 3 nitrogen and oxygen atoms in total. The van der Waals surface area contributed by atoms with Crippen LogP contribution in [0.3, 0.4) is 0 Å². The van der Waals surface area contributed by atoms with Crippen molar-refractivity contribution >= 4 is 23.7 Å². The predicted molar refractivity (Wildman–Crippen MR) is 48.9 cm³/mol. The summed E-state index contributed by atoms with van der Waals surface area (Å²) in [7, 11) is 1.35. The topological polar surface area (TPSA) is 39.4 Å². The van der Waals surface area contributed by atoms with E-state index in [4.69, 9.17) is 4.42 Å². The van der Waals surface area contributed by atoms with E-state index in [0.717, 1.165) is 5.28 Å². The summed E-state index contributed by atoms with van der Waals surface area (Å²) in [6.07, 6.45) is 1.55. The number of hydrogen-bond acceptors (Lipinski definition) is 3. The van der Waals surface area contributed by atoms with E-state index in [-0.39, 0.29) is 5.97 Å². The maximum atomic E-state index is 11.2. The molecule has 1 heterocycles. The first-order valence-electron chi connectivity index (χ1n) is 3.87. The van der Waals surface area contributed by atoms with Gasteiger partial charge in [0.05, 0.1) is 0 Å². The molecule has 2 rings (SSSR count). The number of carbonyl (C=O) groups is 1. The average molecular weight is 174 g/mol. The van der Waals surface area contributed by atoms with Crippen LogP contribution in [0.2, 0.25) is 0 Å². The van der Waals surface area contributed by atoms with Crippen LogP contribution in [0.4, 0.5) is 0 Å². The van der Waals surface area contributed by atoms with Gasteiger partial charge in [-0.1, -0.05) is 0 Å².